The van der Waals surface area contributed by atoms with Gasteiger partial charge in [-0.05, 0) is 32.4 Å². The summed E-state index contributed by atoms with van der Waals surface area (Å²) in [4.78, 5) is 29.8. The summed E-state index contributed by atoms with van der Waals surface area (Å²) < 4.78 is 0.630. The lowest BCUT2D eigenvalue weighted by molar-refractivity contribution is 0.0921. The highest BCUT2D eigenvalue weighted by Gasteiger charge is 2.19. The molecule has 1 unspecified atom stereocenters. The number of aliphatic hydroxyl groups excluding tert-OH is 1. The number of carbonyl (C=O) groups excluding carboxylic acids is 1. The topological polar surface area (TPSA) is 113 Å². The lowest BCUT2D eigenvalue weighted by Gasteiger charge is -2.14. The lowest BCUT2D eigenvalue weighted by Crippen LogP contribution is -2.31. The van der Waals surface area contributed by atoms with Gasteiger partial charge in [-0.15, -0.1) is 11.3 Å². The van der Waals surface area contributed by atoms with Crippen LogP contribution in [0.3, 0.4) is 0 Å². The van der Waals surface area contributed by atoms with Crippen molar-refractivity contribution in [1.82, 2.24) is 25.3 Å². The summed E-state index contributed by atoms with van der Waals surface area (Å²) in [5.74, 6) is -0.0413. The van der Waals surface area contributed by atoms with E-state index in [2.05, 4.69) is 30.6 Å². The molecule has 3 heterocycles. The maximum atomic E-state index is 12.5. The molecular weight excluding hydrogens is 352 g/mol. The Hall–Kier alpha value is -2.65. The van der Waals surface area contributed by atoms with Crippen LogP contribution in [0, 0.1) is 6.92 Å². The summed E-state index contributed by atoms with van der Waals surface area (Å²) in [7, 11) is 0. The Morgan fingerprint density at radius 1 is 1.31 bits per heavy atom. The fourth-order valence-electron chi connectivity index (χ4n) is 2.38. The summed E-state index contributed by atoms with van der Waals surface area (Å²) in [6.45, 7) is 5.57. The molecule has 2 atom stereocenters. The summed E-state index contributed by atoms with van der Waals surface area (Å²) in [6, 6.07) is 3.72. The third-order valence-corrected chi connectivity index (χ3v) is 4.63. The van der Waals surface area contributed by atoms with Crippen molar-refractivity contribution in [2.45, 2.75) is 32.9 Å². The van der Waals surface area contributed by atoms with Crippen molar-refractivity contribution >= 4 is 33.5 Å². The van der Waals surface area contributed by atoms with Gasteiger partial charge in [-0.3, -0.25) is 9.78 Å². The first kappa shape index (κ1) is 18.2. The minimum atomic E-state index is -0.636. The monoisotopic (exact) mass is 372 g/mol. The predicted octanol–water partition coefficient (Wildman–Crippen LogP) is 2.07. The highest BCUT2D eigenvalue weighted by atomic mass is 32.1. The number of anilines is 1. The van der Waals surface area contributed by atoms with Crippen molar-refractivity contribution in [3.05, 3.63) is 40.8 Å². The lowest BCUT2D eigenvalue weighted by atomic mass is 10.1. The fraction of sp³-hybridized carbons (Fsp3) is 0.353. The second-order valence-electron chi connectivity index (χ2n) is 5.99. The smallest absolute Gasteiger partial charge is 0.271 e. The number of hydrogen-bond acceptors (Lipinski definition) is 8. The maximum Gasteiger partial charge on any atom is 0.271 e. The number of aromatic nitrogens is 4. The Morgan fingerprint density at radius 2 is 2.12 bits per heavy atom. The predicted molar refractivity (Wildman–Crippen MR) is 100 cm³/mol. The standard InChI is InChI=1S/C17H20N6O2S/c1-9(24)7-19-16(25)13-14-15(21-11(3)26-14)23-17(22-13)20-10(2)12-5-4-6-18-8-12/h4-6,8-10,24H,7H2,1-3H3,(H,19,25)(H,20,22,23)/t9-,10?/m1/s1. The number of pyridine rings is 1. The van der Waals surface area contributed by atoms with E-state index in [-0.39, 0.29) is 24.2 Å². The van der Waals surface area contributed by atoms with Gasteiger partial charge in [0.1, 0.15) is 4.70 Å². The molecule has 0 aliphatic carbocycles. The molecule has 3 aromatic rings. The highest BCUT2D eigenvalue weighted by Crippen LogP contribution is 2.25. The van der Waals surface area contributed by atoms with Crippen LogP contribution in [0.25, 0.3) is 10.3 Å². The molecule has 136 valence electrons. The van der Waals surface area contributed by atoms with Crippen LogP contribution in [0.4, 0.5) is 5.95 Å². The molecule has 26 heavy (non-hydrogen) atoms. The fourth-order valence-corrected chi connectivity index (χ4v) is 3.22. The summed E-state index contributed by atoms with van der Waals surface area (Å²) in [5.41, 5.74) is 1.71. The van der Waals surface area contributed by atoms with E-state index in [1.807, 2.05) is 26.0 Å². The van der Waals surface area contributed by atoms with E-state index < -0.39 is 6.10 Å². The average Bonchev–Trinajstić information content (AvgIpc) is 2.99. The first-order valence-electron chi connectivity index (χ1n) is 8.22. The number of carbonyl (C=O) groups is 1. The molecule has 3 rings (SSSR count). The van der Waals surface area contributed by atoms with E-state index in [4.69, 9.17) is 0 Å². The van der Waals surface area contributed by atoms with Crippen LogP contribution >= 0.6 is 11.3 Å². The molecule has 1 amide bonds. The molecule has 8 nitrogen and oxygen atoms in total. The number of nitrogens with zero attached hydrogens (tertiary/aromatic N) is 4. The van der Waals surface area contributed by atoms with Gasteiger partial charge < -0.3 is 15.7 Å². The molecule has 0 saturated carbocycles. The number of nitrogens with one attached hydrogen (secondary N) is 2. The van der Waals surface area contributed by atoms with Crippen molar-refractivity contribution in [2.75, 3.05) is 11.9 Å². The van der Waals surface area contributed by atoms with Gasteiger partial charge in [-0.2, -0.15) is 4.98 Å². The van der Waals surface area contributed by atoms with Gasteiger partial charge in [0.2, 0.25) is 5.95 Å². The van der Waals surface area contributed by atoms with E-state index in [1.165, 1.54) is 11.3 Å². The molecule has 0 spiro atoms. The Labute approximate surface area is 154 Å². The van der Waals surface area contributed by atoms with Gasteiger partial charge in [-0.25, -0.2) is 9.97 Å². The van der Waals surface area contributed by atoms with Crippen LogP contribution in [0.15, 0.2) is 24.5 Å². The number of hydrogen-bond donors (Lipinski definition) is 3. The van der Waals surface area contributed by atoms with Crippen LogP contribution in [0.2, 0.25) is 0 Å². The van der Waals surface area contributed by atoms with Crippen LogP contribution in [-0.2, 0) is 0 Å². The molecule has 9 heteroatoms. The molecule has 0 aliphatic rings. The molecule has 0 fully saturated rings. The maximum absolute atomic E-state index is 12.5. The third kappa shape index (κ3) is 4.12. The molecule has 0 bridgehead atoms. The van der Waals surface area contributed by atoms with Crippen LogP contribution in [0.5, 0.6) is 0 Å². The Bertz CT molecular complexity index is 912. The molecular formula is C17H20N6O2S. The van der Waals surface area contributed by atoms with Gasteiger partial charge >= 0.3 is 0 Å². The van der Waals surface area contributed by atoms with Gasteiger partial charge in [0, 0.05) is 18.9 Å². The summed E-state index contributed by atoms with van der Waals surface area (Å²) in [5, 5.41) is 16.1. The van der Waals surface area contributed by atoms with Gasteiger partial charge in [0.25, 0.3) is 5.91 Å². The SMILES string of the molecule is Cc1nc2nc(NC(C)c3cccnc3)nc(C(=O)NC[C@@H](C)O)c2s1. The first-order chi connectivity index (χ1) is 12.4. The third-order valence-electron chi connectivity index (χ3n) is 3.66. The van der Waals surface area contributed by atoms with Crippen LogP contribution in [0.1, 0.15) is 40.9 Å². The van der Waals surface area contributed by atoms with Crippen molar-refractivity contribution in [1.29, 1.82) is 0 Å². The summed E-state index contributed by atoms with van der Waals surface area (Å²) >= 11 is 1.37. The molecule has 0 radical (unpaired) electrons. The number of rotatable bonds is 6. The Kier molecular flexibility index (Phi) is 5.38. The van der Waals surface area contributed by atoms with E-state index in [0.29, 0.717) is 16.3 Å². The number of thiazole rings is 1. The minimum absolute atomic E-state index is 0.0887. The van der Waals surface area contributed by atoms with E-state index in [0.717, 1.165) is 10.6 Å². The zero-order chi connectivity index (χ0) is 18.7. The Morgan fingerprint density at radius 3 is 2.81 bits per heavy atom. The van der Waals surface area contributed by atoms with Crippen molar-refractivity contribution in [2.24, 2.45) is 0 Å². The molecule has 0 saturated heterocycles. The quantitative estimate of drug-likeness (QED) is 0.607. The van der Waals surface area contributed by atoms with Crippen LogP contribution < -0.4 is 10.6 Å². The Balaban J connectivity index is 1.92. The molecule has 0 aliphatic heterocycles. The van der Waals surface area contributed by atoms with Crippen molar-refractivity contribution in [3.8, 4) is 0 Å². The zero-order valence-corrected chi connectivity index (χ0v) is 15.5. The van der Waals surface area contributed by atoms with Crippen LogP contribution in [-0.4, -0.2) is 43.6 Å². The first-order valence-corrected chi connectivity index (χ1v) is 9.03. The molecule has 3 N–H and O–H groups in total. The molecule has 0 aromatic carbocycles. The second-order valence-corrected chi connectivity index (χ2v) is 7.20. The average molecular weight is 372 g/mol. The van der Waals surface area contributed by atoms with E-state index in [1.54, 1.807) is 19.3 Å². The van der Waals surface area contributed by atoms with E-state index >= 15 is 0 Å². The normalized spacial score (nSPS) is 13.4. The second kappa shape index (κ2) is 7.71. The molecule has 3 aromatic heterocycles. The largest absolute Gasteiger partial charge is 0.392 e. The van der Waals surface area contributed by atoms with Gasteiger partial charge in [-0.1, -0.05) is 6.07 Å². The van der Waals surface area contributed by atoms with Crippen molar-refractivity contribution < 1.29 is 9.90 Å². The number of fused-ring (bicyclic) bond motifs is 1. The van der Waals surface area contributed by atoms with Crippen molar-refractivity contribution in [3.63, 3.8) is 0 Å². The number of aryl methyl sites for hydroxylation is 1. The van der Waals surface area contributed by atoms with Gasteiger partial charge in [0.05, 0.1) is 17.2 Å². The minimum Gasteiger partial charge on any atom is -0.392 e. The zero-order valence-electron chi connectivity index (χ0n) is 14.7. The highest BCUT2D eigenvalue weighted by molar-refractivity contribution is 7.18. The summed E-state index contributed by atoms with van der Waals surface area (Å²) in [6.07, 6.45) is 2.84. The van der Waals surface area contributed by atoms with E-state index in [9.17, 15) is 9.90 Å². The number of amides is 1. The van der Waals surface area contributed by atoms with Gasteiger partial charge in [0.15, 0.2) is 11.3 Å². The number of aliphatic hydroxyl groups is 1.